The molecule has 0 saturated carbocycles. The van der Waals surface area contributed by atoms with Crippen molar-refractivity contribution in [3.05, 3.63) is 45.8 Å². The van der Waals surface area contributed by atoms with E-state index in [-0.39, 0.29) is 16.8 Å². The number of carbonyl (C=O) groups excluding carboxylic acids is 1. The first-order valence-electron chi connectivity index (χ1n) is 9.15. The molecule has 1 aromatic heterocycles. The highest BCUT2D eigenvalue weighted by Gasteiger charge is 2.41. The summed E-state index contributed by atoms with van der Waals surface area (Å²) in [5, 5.41) is 1.30. The third-order valence-corrected chi connectivity index (χ3v) is 7.50. The number of rotatable bonds is 3. The summed E-state index contributed by atoms with van der Waals surface area (Å²) in [6.45, 7) is 11.7. The van der Waals surface area contributed by atoms with E-state index in [9.17, 15) is 4.79 Å². The number of thiophene rings is 1. The van der Waals surface area contributed by atoms with Crippen LogP contribution < -0.4 is 4.90 Å². The van der Waals surface area contributed by atoms with E-state index in [0.29, 0.717) is 5.56 Å². The molecule has 0 atom stereocenters. The highest BCUT2D eigenvalue weighted by atomic mass is 32.1. The summed E-state index contributed by atoms with van der Waals surface area (Å²) in [6.07, 6.45) is 2.45. The first-order valence-corrected chi connectivity index (χ1v) is 9.96. The van der Waals surface area contributed by atoms with Gasteiger partial charge in [-0.1, -0.05) is 27.7 Å². The zero-order valence-corrected chi connectivity index (χ0v) is 17.7. The van der Waals surface area contributed by atoms with Crippen molar-refractivity contribution in [2.45, 2.75) is 58.3 Å². The molecule has 4 heteroatoms. The van der Waals surface area contributed by atoms with E-state index in [1.54, 1.807) is 0 Å². The standard InChI is InChI=1S/C22H29NO2S/c1-14-17-18(22(4,5)13-12-21(17,2)3)26-19(14)23(6)16-10-8-15(9-11-16)20(24)25-7/h8-11H,12-13H2,1-7H3. The Bertz CT molecular complexity index is 831. The van der Waals surface area contributed by atoms with Crippen LogP contribution in [0.5, 0.6) is 0 Å². The van der Waals surface area contributed by atoms with E-state index in [0.717, 1.165) is 5.69 Å². The molecular weight excluding hydrogens is 342 g/mol. The summed E-state index contributed by atoms with van der Waals surface area (Å²) >= 11 is 1.92. The molecule has 0 radical (unpaired) electrons. The lowest BCUT2D eigenvalue weighted by Crippen LogP contribution is -2.32. The van der Waals surface area contributed by atoms with Crippen LogP contribution in [0.15, 0.2) is 24.3 Å². The Kier molecular flexibility index (Phi) is 4.68. The number of nitrogens with zero attached hydrogens (tertiary/aromatic N) is 1. The summed E-state index contributed by atoms with van der Waals surface area (Å²) in [5.41, 5.74) is 5.03. The molecule has 140 valence electrons. The van der Waals surface area contributed by atoms with Crippen molar-refractivity contribution >= 4 is 28.0 Å². The maximum atomic E-state index is 11.7. The van der Waals surface area contributed by atoms with E-state index in [1.807, 2.05) is 35.6 Å². The van der Waals surface area contributed by atoms with Gasteiger partial charge < -0.3 is 9.64 Å². The number of anilines is 2. The molecule has 0 amide bonds. The number of carbonyl (C=O) groups is 1. The smallest absolute Gasteiger partial charge is 0.337 e. The van der Waals surface area contributed by atoms with Crippen LogP contribution in [0.25, 0.3) is 0 Å². The first-order chi connectivity index (χ1) is 12.1. The molecule has 1 heterocycles. The van der Waals surface area contributed by atoms with Gasteiger partial charge in [-0.25, -0.2) is 4.79 Å². The quantitative estimate of drug-likeness (QED) is 0.623. The van der Waals surface area contributed by atoms with Crippen molar-refractivity contribution in [1.82, 2.24) is 0 Å². The Balaban J connectivity index is 2.03. The van der Waals surface area contributed by atoms with Gasteiger partial charge in [0, 0.05) is 17.6 Å². The average Bonchev–Trinajstić information content (AvgIpc) is 2.97. The number of fused-ring (bicyclic) bond motifs is 1. The largest absolute Gasteiger partial charge is 0.465 e. The van der Waals surface area contributed by atoms with Crippen LogP contribution in [0.2, 0.25) is 0 Å². The van der Waals surface area contributed by atoms with E-state index in [4.69, 9.17) is 4.74 Å². The Hall–Kier alpha value is -1.81. The molecule has 0 aliphatic heterocycles. The fourth-order valence-electron chi connectivity index (χ4n) is 4.03. The number of ether oxygens (including phenoxy) is 1. The van der Waals surface area contributed by atoms with Crippen molar-refractivity contribution < 1.29 is 9.53 Å². The molecule has 3 nitrogen and oxygen atoms in total. The van der Waals surface area contributed by atoms with Crippen LogP contribution in [0, 0.1) is 6.92 Å². The monoisotopic (exact) mass is 371 g/mol. The maximum absolute atomic E-state index is 11.7. The van der Waals surface area contributed by atoms with Crippen molar-refractivity contribution in [2.75, 3.05) is 19.1 Å². The predicted molar refractivity (Wildman–Crippen MR) is 110 cm³/mol. The van der Waals surface area contributed by atoms with E-state index in [2.05, 4.69) is 46.6 Å². The molecule has 1 aliphatic carbocycles. The molecule has 1 aromatic carbocycles. The topological polar surface area (TPSA) is 29.5 Å². The second kappa shape index (κ2) is 6.41. The van der Waals surface area contributed by atoms with Crippen molar-refractivity contribution in [3.63, 3.8) is 0 Å². The molecular formula is C22H29NO2S. The average molecular weight is 372 g/mol. The number of hydrogen-bond acceptors (Lipinski definition) is 4. The minimum absolute atomic E-state index is 0.221. The lowest BCUT2D eigenvalue weighted by atomic mass is 9.66. The fourth-order valence-corrected chi connectivity index (χ4v) is 5.63. The normalized spacial score (nSPS) is 17.5. The van der Waals surface area contributed by atoms with E-state index >= 15 is 0 Å². The van der Waals surface area contributed by atoms with Crippen LogP contribution in [0.1, 0.15) is 66.9 Å². The van der Waals surface area contributed by atoms with Gasteiger partial charge >= 0.3 is 5.97 Å². The molecule has 0 saturated heterocycles. The van der Waals surface area contributed by atoms with Crippen LogP contribution in [0.3, 0.4) is 0 Å². The first kappa shape index (κ1) is 19.0. The van der Waals surface area contributed by atoms with Gasteiger partial charge in [0.2, 0.25) is 0 Å². The Morgan fingerprint density at radius 2 is 1.65 bits per heavy atom. The second-order valence-corrected chi connectivity index (χ2v) is 9.60. The zero-order valence-electron chi connectivity index (χ0n) is 16.9. The number of esters is 1. The van der Waals surface area contributed by atoms with Gasteiger partial charge in [0.1, 0.15) is 0 Å². The van der Waals surface area contributed by atoms with Gasteiger partial charge in [0.15, 0.2) is 0 Å². The Morgan fingerprint density at radius 1 is 1.08 bits per heavy atom. The summed E-state index contributed by atoms with van der Waals surface area (Å²) < 4.78 is 4.79. The summed E-state index contributed by atoms with van der Waals surface area (Å²) in [6, 6.07) is 7.63. The summed E-state index contributed by atoms with van der Waals surface area (Å²) in [4.78, 5) is 15.4. The number of benzene rings is 1. The third kappa shape index (κ3) is 3.05. The van der Waals surface area contributed by atoms with Crippen molar-refractivity contribution in [2.24, 2.45) is 0 Å². The lowest BCUT2D eigenvalue weighted by Gasteiger charge is -2.39. The molecule has 26 heavy (non-hydrogen) atoms. The predicted octanol–water partition coefficient (Wildman–Crippen LogP) is 5.96. The molecule has 0 spiro atoms. The van der Waals surface area contributed by atoms with Gasteiger partial charge in [-0.3, -0.25) is 0 Å². The molecule has 0 unspecified atom stereocenters. The molecule has 0 fully saturated rings. The van der Waals surface area contributed by atoms with Gasteiger partial charge in [-0.15, -0.1) is 11.3 Å². The highest BCUT2D eigenvalue weighted by molar-refractivity contribution is 7.16. The van der Waals surface area contributed by atoms with Crippen LogP contribution in [0.4, 0.5) is 10.7 Å². The summed E-state index contributed by atoms with van der Waals surface area (Å²) in [5.74, 6) is -0.300. The second-order valence-electron chi connectivity index (χ2n) is 8.60. The van der Waals surface area contributed by atoms with Crippen LogP contribution in [-0.2, 0) is 15.6 Å². The van der Waals surface area contributed by atoms with Crippen LogP contribution in [-0.4, -0.2) is 20.1 Å². The third-order valence-electron chi connectivity index (χ3n) is 5.77. The zero-order chi connectivity index (χ0) is 19.3. The highest BCUT2D eigenvalue weighted by Crippen LogP contribution is 2.54. The van der Waals surface area contributed by atoms with E-state index < -0.39 is 0 Å². The maximum Gasteiger partial charge on any atom is 0.337 e. The Labute approximate surface area is 161 Å². The minimum Gasteiger partial charge on any atom is -0.465 e. The summed E-state index contributed by atoms with van der Waals surface area (Å²) in [7, 11) is 3.52. The molecule has 2 aromatic rings. The van der Waals surface area contributed by atoms with Crippen molar-refractivity contribution in [1.29, 1.82) is 0 Å². The van der Waals surface area contributed by atoms with E-state index in [1.165, 1.54) is 41.0 Å². The van der Waals surface area contributed by atoms with Gasteiger partial charge in [-0.2, -0.15) is 0 Å². The van der Waals surface area contributed by atoms with Gasteiger partial charge in [-0.05, 0) is 66.0 Å². The van der Waals surface area contributed by atoms with Gasteiger partial charge in [0.05, 0.1) is 17.7 Å². The Morgan fingerprint density at radius 3 is 2.19 bits per heavy atom. The minimum atomic E-state index is -0.300. The molecule has 3 rings (SSSR count). The van der Waals surface area contributed by atoms with Gasteiger partial charge in [0.25, 0.3) is 0 Å². The SMILES string of the molecule is COC(=O)c1ccc(N(C)c2sc3c(c2C)C(C)(C)CCC3(C)C)cc1. The van der Waals surface area contributed by atoms with Crippen molar-refractivity contribution in [3.8, 4) is 0 Å². The molecule has 0 N–H and O–H groups in total. The molecule has 1 aliphatic rings. The fraction of sp³-hybridized carbons (Fsp3) is 0.500. The number of methoxy groups -OCH3 is 1. The lowest BCUT2D eigenvalue weighted by molar-refractivity contribution is 0.0601. The van der Waals surface area contributed by atoms with Crippen LogP contribution >= 0.6 is 11.3 Å². The molecule has 0 bridgehead atoms. The number of hydrogen-bond donors (Lipinski definition) is 0.